The van der Waals surface area contributed by atoms with Crippen LogP contribution in [0.2, 0.25) is 0 Å². The van der Waals surface area contributed by atoms with E-state index in [-0.39, 0.29) is 78.6 Å². The average molecular weight is 1930 g/mol. The Morgan fingerprint density at radius 3 is 0.609 bits per heavy atom. The summed E-state index contributed by atoms with van der Waals surface area (Å²) in [5, 5.41) is 62.1. The molecule has 0 saturated heterocycles. The van der Waals surface area contributed by atoms with Crippen molar-refractivity contribution in [1.29, 1.82) is 0 Å². The molecule has 694 valence electrons. The van der Waals surface area contributed by atoms with Crippen molar-refractivity contribution >= 4 is 63.3 Å². The second kappa shape index (κ2) is 53.4. The minimum absolute atomic E-state index is 0.0917. The largest absolute Gasteiger partial charge is 0.508 e. The van der Waals surface area contributed by atoms with Crippen LogP contribution in [-0.2, 0) is 53.4 Å². The molecule has 27 heteroatoms. The zero-order chi connectivity index (χ0) is 96.3. The van der Waals surface area contributed by atoms with Gasteiger partial charge in [0.05, 0.1) is 76.1 Å². The Morgan fingerprint density at radius 2 is 0.444 bits per heavy atom. The molecule has 0 aliphatic carbocycles. The SMILES string of the molecule is C=C(C)C(=O)O.C=C(C)C(=O)OCCCOc1ccc(-c2ccc(S(=O)(=O)c3ccc(-c4ccc(OCCCOC(=O)C(=C)C)cc4)cc3)cc2)cc1.COc1ccc(O)cc1.O=S(=O)(c1ccc(-c2ccc(O)cc2)cc1)c1ccc(-c2ccc(O)cc2)cc1.O=S(=O)(c1ccc(-c2ccc(OCCCO)cc2)cc1)c1ccc(-c2ccc(OCCCO)cc2)cc1.OCCCBr. The molecular weight excluding hydrogens is 1820 g/mol. The van der Waals surface area contributed by atoms with Gasteiger partial charge in [-0.1, -0.05) is 181 Å². The number of alkyl halides is 1. The van der Waals surface area contributed by atoms with E-state index in [9.17, 15) is 49.9 Å². The van der Waals surface area contributed by atoms with Crippen LogP contribution in [0.5, 0.6) is 46.0 Å². The second-order valence-electron chi connectivity index (χ2n) is 29.5. The van der Waals surface area contributed by atoms with Gasteiger partial charge in [-0.05, 0) is 264 Å². The van der Waals surface area contributed by atoms with Gasteiger partial charge in [0.25, 0.3) is 0 Å². The van der Waals surface area contributed by atoms with E-state index in [0.717, 1.165) is 95.8 Å². The van der Waals surface area contributed by atoms with Gasteiger partial charge in [-0.15, -0.1) is 0 Å². The summed E-state index contributed by atoms with van der Waals surface area (Å²) >= 11 is 3.15. The van der Waals surface area contributed by atoms with Gasteiger partial charge in [-0.25, -0.2) is 39.6 Å². The van der Waals surface area contributed by atoms with Crippen LogP contribution in [0.4, 0.5) is 0 Å². The summed E-state index contributed by atoms with van der Waals surface area (Å²) in [5.74, 6) is 2.44. The smallest absolute Gasteiger partial charge is 0.333 e. The van der Waals surface area contributed by atoms with Crippen molar-refractivity contribution in [3.63, 3.8) is 0 Å². The lowest BCUT2D eigenvalue weighted by Crippen LogP contribution is -2.09. The third kappa shape index (κ3) is 33.5. The number of methoxy groups -OCH3 is 1. The molecule has 0 spiro atoms. The number of esters is 2. The Balaban J connectivity index is 0.000000225. The number of sulfone groups is 3. The standard InChI is InChI=1S/C38H38O8S.C30H30O6S.C24H18O4S.C7H8O2.C4H6O2.C3H7BrO/c1-27(2)37(39)45-25-5-23-43-33-15-7-29(8-16-33)31-11-19-35(20-12-31)47(41,42)36-21-13-32(14-22-36)30-9-17-34(18-10-30)44-24-6-26-46-38(40)28(3)4;31-19-1-21-35-27-11-3-23(4-12-27)25-7-15-29(16-8-25)37(33,34)30-17-9-26(10-18-30)24-5-13-28(14-6-24)36-22-2-20-32;25-21-9-1-17(2-10-21)19-5-13-23(14-6-19)29(27,28)24-15-7-20(8-16-24)18-3-11-22(26)12-4-18;1-9-7-4-2-6(8)3-5-7;1-3(2)4(5)6;4-2-1-3-5/h7-22H,1,3,5-6,23-26H2,2,4H3;3-18,31-32H,1-2,19-22H2;1-16,25-26H;2-5,8H,1H3;1H2,2H3,(H,5,6);5H,1-3H2. The third-order valence-corrected chi connectivity index (χ3v) is 25.2. The number of phenolic OH excluding ortho intramolecular Hbond substituents is 3. The number of benzene rings is 13. The minimum atomic E-state index is -3.71. The molecule has 0 heterocycles. The van der Waals surface area contributed by atoms with E-state index in [1.54, 1.807) is 239 Å². The number of carboxylic acid groups (broad SMARTS) is 1. The molecule has 0 saturated carbocycles. The van der Waals surface area contributed by atoms with Gasteiger partial charge < -0.3 is 68.9 Å². The van der Waals surface area contributed by atoms with E-state index in [1.165, 1.54) is 6.92 Å². The highest BCUT2D eigenvalue weighted by molar-refractivity contribution is 9.09. The average Bonchev–Trinajstić information content (AvgIpc) is 0.799. The fourth-order valence-electron chi connectivity index (χ4n) is 11.9. The van der Waals surface area contributed by atoms with Crippen molar-refractivity contribution in [2.45, 2.75) is 82.2 Å². The van der Waals surface area contributed by atoms with Crippen molar-refractivity contribution < 1.29 is 109 Å². The predicted molar refractivity (Wildman–Crippen MR) is 520 cm³/mol. The molecule has 0 unspecified atom stereocenters. The van der Waals surface area contributed by atoms with Gasteiger partial charge in [-0.2, -0.15) is 0 Å². The van der Waals surface area contributed by atoms with Crippen LogP contribution >= 0.6 is 15.9 Å². The fraction of sp³-hybridized carbons (Fsp3) is 0.179. The van der Waals surface area contributed by atoms with E-state index in [0.29, 0.717) is 81.4 Å². The number of rotatable bonds is 36. The van der Waals surface area contributed by atoms with E-state index < -0.39 is 47.4 Å². The maximum absolute atomic E-state index is 13.4. The van der Waals surface area contributed by atoms with Crippen LogP contribution in [-0.4, -0.2) is 151 Å². The molecule has 13 rings (SSSR count). The van der Waals surface area contributed by atoms with Gasteiger partial charge >= 0.3 is 17.9 Å². The highest BCUT2D eigenvalue weighted by Crippen LogP contribution is 2.35. The summed E-state index contributed by atoms with van der Waals surface area (Å²) in [4.78, 5) is 33.7. The van der Waals surface area contributed by atoms with Gasteiger partial charge in [0, 0.05) is 67.6 Å². The Kier molecular flexibility index (Phi) is 42.0. The van der Waals surface area contributed by atoms with Crippen molar-refractivity contribution in [2.75, 3.05) is 71.9 Å². The lowest BCUT2D eigenvalue weighted by atomic mass is 10.1. The zero-order valence-electron chi connectivity index (χ0n) is 74.0. The molecule has 0 bridgehead atoms. The first-order valence-corrected chi connectivity index (χ1v) is 47.6. The summed E-state index contributed by atoms with van der Waals surface area (Å²) < 4.78 is 117. The Hall–Kier alpha value is -13.9. The number of carbonyl (C=O) groups is 3. The molecule has 23 nitrogen and oxygen atoms in total. The summed E-state index contributed by atoms with van der Waals surface area (Å²) in [7, 11) is -9.41. The van der Waals surface area contributed by atoms with Crippen LogP contribution in [0.25, 0.3) is 66.8 Å². The fourth-order valence-corrected chi connectivity index (χ4v) is 15.9. The number of aromatic hydroxyl groups is 3. The molecule has 0 amide bonds. The van der Waals surface area contributed by atoms with Crippen LogP contribution in [0.3, 0.4) is 0 Å². The van der Waals surface area contributed by atoms with Crippen LogP contribution in [0, 0.1) is 0 Å². The summed E-state index contributed by atoms with van der Waals surface area (Å²) in [6, 6.07) is 90.8. The topological polar surface area (TPSA) is 360 Å². The maximum Gasteiger partial charge on any atom is 0.333 e. The summed E-state index contributed by atoms with van der Waals surface area (Å²) in [6.07, 6.45) is 3.13. The van der Waals surface area contributed by atoms with Gasteiger partial charge in [-0.3, -0.25) is 0 Å². The molecular formula is C106H107BrO23S3. The Morgan fingerprint density at radius 1 is 0.271 bits per heavy atom. The predicted octanol–water partition coefficient (Wildman–Crippen LogP) is 21.1. The van der Waals surface area contributed by atoms with E-state index in [4.69, 9.17) is 58.7 Å². The monoisotopic (exact) mass is 1920 g/mol. The summed E-state index contributed by atoms with van der Waals surface area (Å²) in [6.45, 7) is 17.6. The molecule has 0 aliphatic rings. The first kappa shape index (κ1) is 104. The number of aliphatic hydroxyl groups is 3. The number of carboxylic acids is 1. The Bertz CT molecular complexity index is 5870. The van der Waals surface area contributed by atoms with Crippen molar-refractivity contribution in [3.8, 4) is 113 Å². The highest BCUT2D eigenvalue weighted by atomic mass is 79.9. The lowest BCUT2D eigenvalue weighted by Gasteiger charge is -2.10. The van der Waals surface area contributed by atoms with Crippen molar-refractivity contribution in [3.05, 3.63) is 352 Å². The Labute approximate surface area is 785 Å². The minimum Gasteiger partial charge on any atom is -0.508 e. The highest BCUT2D eigenvalue weighted by Gasteiger charge is 2.22. The van der Waals surface area contributed by atoms with E-state index in [2.05, 4.69) is 35.7 Å². The zero-order valence-corrected chi connectivity index (χ0v) is 78.1. The van der Waals surface area contributed by atoms with Crippen molar-refractivity contribution in [1.82, 2.24) is 0 Å². The van der Waals surface area contributed by atoms with Crippen LogP contribution in [0.15, 0.2) is 381 Å². The third-order valence-electron chi connectivity index (χ3n) is 19.3. The molecule has 13 aromatic rings. The van der Waals surface area contributed by atoms with E-state index >= 15 is 0 Å². The van der Waals surface area contributed by atoms with Gasteiger partial charge in [0.2, 0.25) is 29.5 Å². The normalized spacial score (nSPS) is 10.7. The lowest BCUT2D eigenvalue weighted by molar-refractivity contribution is -0.140. The molecule has 133 heavy (non-hydrogen) atoms. The number of aliphatic hydroxyl groups excluding tert-OH is 3. The number of phenols is 3. The molecule has 7 N–H and O–H groups in total. The van der Waals surface area contributed by atoms with Crippen LogP contribution in [0.1, 0.15) is 52.9 Å². The maximum atomic E-state index is 13.4. The quantitative estimate of drug-likeness (QED) is 0.00830. The second-order valence-corrected chi connectivity index (χ2v) is 36.1. The first-order valence-electron chi connectivity index (χ1n) is 42.0. The molecule has 0 aliphatic heterocycles. The number of carbonyl (C=O) groups excluding carboxylic acids is 2. The van der Waals surface area contributed by atoms with Gasteiger partial charge in [0.1, 0.15) is 46.0 Å². The molecule has 0 atom stereocenters. The molecule has 0 aromatic heterocycles. The number of hydrogen-bond donors (Lipinski definition) is 7. The molecule has 0 radical (unpaired) electrons. The molecule has 13 aromatic carbocycles. The number of aliphatic carboxylic acids is 1. The number of halogens is 1. The van der Waals surface area contributed by atoms with Gasteiger partial charge in [0.15, 0.2) is 0 Å². The summed E-state index contributed by atoms with van der Waals surface area (Å²) in [5.41, 5.74) is 11.7. The number of ether oxygens (including phenoxy) is 7. The van der Waals surface area contributed by atoms with Crippen LogP contribution < -0.4 is 23.7 Å². The van der Waals surface area contributed by atoms with E-state index in [1.807, 2.05) is 97.1 Å². The molecule has 0 fully saturated rings. The van der Waals surface area contributed by atoms with Crippen molar-refractivity contribution in [2.24, 2.45) is 0 Å². The first-order chi connectivity index (χ1) is 63.9. The number of hydrogen-bond acceptors (Lipinski definition) is 22.